The molecular weight excluding hydrogens is 214 g/mol. The van der Waals surface area contributed by atoms with Crippen LogP contribution in [0.5, 0.6) is 0 Å². The van der Waals surface area contributed by atoms with E-state index in [1.54, 1.807) is 0 Å². The summed E-state index contributed by atoms with van der Waals surface area (Å²) in [6, 6.07) is 0. The number of nitrogens with one attached hydrogen (secondary N) is 1. The van der Waals surface area contributed by atoms with Gasteiger partial charge in [0.05, 0.1) is 6.61 Å². The molecule has 0 radical (unpaired) electrons. The number of rotatable bonds is 5. The van der Waals surface area contributed by atoms with Crippen molar-refractivity contribution in [1.82, 2.24) is 10.2 Å². The van der Waals surface area contributed by atoms with E-state index in [0.717, 1.165) is 38.8 Å². The van der Waals surface area contributed by atoms with E-state index in [-0.39, 0.29) is 0 Å². The maximum absolute atomic E-state index is 5.41. The number of ether oxygens (including phenoxy) is 1. The first-order valence-electron chi connectivity index (χ1n) is 6.70. The van der Waals surface area contributed by atoms with Crippen LogP contribution in [-0.2, 0) is 4.74 Å². The molecule has 0 amide bonds. The third kappa shape index (κ3) is 5.39. The van der Waals surface area contributed by atoms with Gasteiger partial charge in [0.25, 0.3) is 0 Å². The molecule has 0 spiro atoms. The van der Waals surface area contributed by atoms with Crippen molar-refractivity contribution in [2.75, 3.05) is 39.9 Å². The molecule has 1 N–H and O–H groups in total. The molecule has 0 bridgehead atoms. The highest BCUT2D eigenvalue weighted by Crippen LogP contribution is 2.13. The van der Waals surface area contributed by atoms with E-state index in [0.29, 0.717) is 11.8 Å². The van der Waals surface area contributed by atoms with Crippen molar-refractivity contribution in [1.29, 1.82) is 0 Å². The molecule has 1 atom stereocenters. The molecule has 17 heavy (non-hydrogen) atoms. The maximum Gasteiger partial charge on any atom is 0.193 e. The van der Waals surface area contributed by atoms with Crippen molar-refractivity contribution in [3.8, 4) is 0 Å². The Morgan fingerprint density at radius 1 is 1.53 bits per heavy atom. The van der Waals surface area contributed by atoms with Gasteiger partial charge in [0.15, 0.2) is 5.96 Å². The molecular formula is C13H27N3O. The van der Waals surface area contributed by atoms with E-state index in [9.17, 15) is 0 Å². The van der Waals surface area contributed by atoms with Gasteiger partial charge in [-0.25, -0.2) is 0 Å². The molecule has 100 valence electrons. The molecule has 4 heteroatoms. The van der Waals surface area contributed by atoms with Crippen LogP contribution in [0.3, 0.4) is 0 Å². The van der Waals surface area contributed by atoms with Crippen LogP contribution in [-0.4, -0.2) is 50.8 Å². The number of hydrogen-bond donors (Lipinski definition) is 1. The van der Waals surface area contributed by atoms with Crippen molar-refractivity contribution in [2.24, 2.45) is 16.8 Å². The summed E-state index contributed by atoms with van der Waals surface area (Å²) in [5.74, 6) is 2.28. The highest BCUT2D eigenvalue weighted by atomic mass is 16.5. The highest BCUT2D eigenvalue weighted by molar-refractivity contribution is 5.79. The minimum atomic E-state index is 0.604. The lowest BCUT2D eigenvalue weighted by molar-refractivity contribution is 0.181. The lowest BCUT2D eigenvalue weighted by atomic mass is 10.1. The van der Waals surface area contributed by atoms with Gasteiger partial charge < -0.3 is 15.0 Å². The van der Waals surface area contributed by atoms with Crippen molar-refractivity contribution in [3.63, 3.8) is 0 Å². The molecule has 4 nitrogen and oxygen atoms in total. The monoisotopic (exact) mass is 241 g/mol. The molecule has 1 rings (SSSR count). The Kier molecular flexibility index (Phi) is 6.34. The van der Waals surface area contributed by atoms with Crippen LogP contribution in [0.25, 0.3) is 0 Å². The van der Waals surface area contributed by atoms with E-state index < -0.39 is 0 Å². The van der Waals surface area contributed by atoms with Gasteiger partial charge in [0, 0.05) is 39.2 Å². The lowest BCUT2D eigenvalue weighted by Gasteiger charge is -2.24. The minimum Gasteiger partial charge on any atom is -0.381 e. The zero-order valence-electron chi connectivity index (χ0n) is 11.7. The van der Waals surface area contributed by atoms with Crippen LogP contribution in [0.4, 0.5) is 0 Å². The number of aliphatic imine (C=N–C) groups is 1. The average Bonchev–Trinajstić information content (AvgIpc) is 2.76. The summed E-state index contributed by atoms with van der Waals surface area (Å²) in [5, 5.41) is 3.35. The Bertz CT molecular complexity index is 235. The van der Waals surface area contributed by atoms with E-state index >= 15 is 0 Å². The SMILES string of the molecule is CCNC(=NCC(C)C)N(C)CC1CCOC1. The molecule has 1 saturated heterocycles. The molecule has 1 unspecified atom stereocenters. The summed E-state index contributed by atoms with van der Waals surface area (Å²) < 4.78 is 5.41. The van der Waals surface area contributed by atoms with Gasteiger partial charge in [-0.15, -0.1) is 0 Å². The topological polar surface area (TPSA) is 36.9 Å². The van der Waals surface area contributed by atoms with Gasteiger partial charge in [0.2, 0.25) is 0 Å². The molecule has 1 heterocycles. The normalized spacial score (nSPS) is 21.0. The Morgan fingerprint density at radius 2 is 2.29 bits per heavy atom. The van der Waals surface area contributed by atoms with Crippen LogP contribution in [0.1, 0.15) is 27.2 Å². The Hall–Kier alpha value is -0.770. The summed E-state index contributed by atoms with van der Waals surface area (Å²) in [6.07, 6.45) is 1.17. The summed E-state index contributed by atoms with van der Waals surface area (Å²) in [7, 11) is 2.11. The van der Waals surface area contributed by atoms with Crippen molar-refractivity contribution >= 4 is 5.96 Å². The standard InChI is InChI=1S/C13H27N3O/c1-5-14-13(15-8-11(2)3)16(4)9-12-6-7-17-10-12/h11-12H,5-10H2,1-4H3,(H,14,15). The summed E-state index contributed by atoms with van der Waals surface area (Å²) in [6.45, 7) is 11.1. The molecule has 1 aliphatic rings. The minimum absolute atomic E-state index is 0.604. The van der Waals surface area contributed by atoms with Crippen LogP contribution >= 0.6 is 0 Å². The van der Waals surface area contributed by atoms with Gasteiger partial charge >= 0.3 is 0 Å². The van der Waals surface area contributed by atoms with E-state index in [4.69, 9.17) is 4.74 Å². The Labute approximate surface area is 105 Å². The predicted octanol–water partition coefficient (Wildman–Crippen LogP) is 1.58. The molecule has 0 aromatic heterocycles. The van der Waals surface area contributed by atoms with Gasteiger partial charge in [0.1, 0.15) is 0 Å². The van der Waals surface area contributed by atoms with Crippen LogP contribution in [0.15, 0.2) is 4.99 Å². The molecule has 0 aromatic rings. The molecule has 0 aromatic carbocycles. The van der Waals surface area contributed by atoms with E-state index in [1.807, 2.05) is 0 Å². The first kappa shape index (κ1) is 14.3. The predicted molar refractivity (Wildman–Crippen MR) is 72.4 cm³/mol. The Morgan fingerprint density at radius 3 is 2.82 bits per heavy atom. The fourth-order valence-corrected chi connectivity index (χ4v) is 1.94. The molecule has 1 fully saturated rings. The smallest absolute Gasteiger partial charge is 0.193 e. The zero-order valence-corrected chi connectivity index (χ0v) is 11.7. The third-order valence-electron chi connectivity index (χ3n) is 2.86. The van der Waals surface area contributed by atoms with Crippen LogP contribution in [0.2, 0.25) is 0 Å². The van der Waals surface area contributed by atoms with Gasteiger partial charge in [-0.2, -0.15) is 0 Å². The number of nitrogens with zero attached hydrogens (tertiary/aromatic N) is 2. The highest BCUT2D eigenvalue weighted by Gasteiger charge is 2.18. The third-order valence-corrected chi connectivity index (χ3v) is 2.86. The summed E-state index contributed by atoms with van der Waals surface area (Å²) >= 11 is 0. The first-order chi connectivity index (χ1) is 8.13. The van der Waals surface area contributed by atoms with Crippen molar-refractivity contribution in [3.05, 3.63) is 0 Å². The van der Waals surface area contributed by atoms with E-state index in [1.165, 1.54) is 6.42 Å². The fourth-order valence-electron chi connectivity index (χ4n) is 1.94. The second-order valence-electron chi connectivity index (χ2n) is 5.20. The van der Waals surface area contributed by atoms with Gasteiger partial charge in [-0.1, -0.05) is 13.8 Å². The molecule has 0 saturated carbocycles. The van der Waals surface area contributed by atoms with Crippen molar-refractivity contribution < 1.29 is 4.74 Å². The molecule has 1 aliphatic heterocycles. The van der Waals surface area contributed by atoms with Gasteiger partial charge in [-0.05, 0) is 19.3 Å². The second kappa shape index (κ2) is 7.54. The quantitative estimate of drug-likeness (QED) is 0.586. The van der Waals surface area contributed by atoms with E-state index in [2.05, 4.69) is 43.0 Å². The van der Waals surface area contributed by atoms with Crippen LogP contribution in [0, 0.1) is 11.8 Å². The number of hydrogen-bond acceptors (Lipinski definition) is 2. The first-order valence-corrected chi connectivity index (χ1v) is 6.70. The fraction of sp³-hybridized carbons (Fsp3) is 0.923. The molecule has 0 aliphatic carbocycles. The average molecular weight is 241 g/mol. The summed E-state index contributed by atoms with van der Waals surface area (Å²) in [5.41, 5.74) is 0. The van der Waals surface area contributed by atoms with Crippen LogP contribution < -0.4 is 5.32 Å². The zero-order chi connectivity index (χ0) is 12.7. The largest absolute Gasteiger partial charge is 0.381 e. The van der Waals surface area contributed by atoms with Gasteiger partial charge in [-0.3, -0.25) is 4.99 Å². The maximum atomic E-state index is 5.41. The Balaban J connectivity index is 2.46. The lowest BCUT2D eigenvalue weighted by Crippen LogP contribution is -2.41. The second-order valence-corrected chi connectivity index (χ2v) is 5.20. The summed E-state index contributed by atoms with van der Waals surface area (Å²) in [4.78, 5) is 6.87. The number of guanidine groups is 1. The van der Waals surface area contributed by atoms with Crippen molar-refractivity contribution in [2.45, 2.75) is 27.2 Å².